The van der Waals surface area contributed by atoms with Gasteiger partial charge in [0.1, 0.15) is 5.58 Å². The Morgan fingerprint density at radius 1 is 1.14 bits per heavy atom. The standard InChI is InChI=1S/C22H21ClN2O3/c1-13-11-17-15(12-16(13)23)20(26)18-19(14-7-5-4-6-8-14)25(10-9-24(2)3)22(27)21(18)28-17/h4-8,11-12,19H,9-10H2,1-3H3. The van der Waals surface area contributed by atoms with Crippen molar-refractivity contribution in [3.05, 3.63) is 80.2 Å². The molecule has 1 unspecified atom stereocenters. The zero-order valence-corrected chi connectivity index (χ0v) is 16.8. The van der Waals surface area contributed by atoms with Gasteiger partial charge >= 0.3 is 0 Å². The van der Waals surface area contributed by atoms with Crippen LogP contribution in [0.1, 0.15) is 33.3 Å². The minimum atomic E-state index is -0.468. The average molecular weight is 397 g/mol. The van der Waals surface area contributed by atoms with E-state index in [9.17, 15) is 9.59 Å². The molecule has 1 aliphatic heterocycles. The van der Waals surface area contributed by atoms with Crippen molar-refractivity contribution in [2.24, 2.45) is 0 Å². The maximum Gasteiger partial charge on any atom is 0.290 e. The molecule has 0 saturated carbocycles. The number of carbonyl (C=O) groups is 1. The second-order valence-corrected chi connectivity index (χ2v) is 7.79. The third-order valence-corrected chi connectivity index (χ3v) is 5.56. The molecule has 0 spiro atoms. The minimum Gasteiger partial charge on any atom is -0.450 e. The molecule has 1 atom stereocenters. The second-order valence-electron chi connectivity index (χ2n) is 7.39. The first-order valence-electron chi connectivity index (χ1n) is 9.16. The van der Waals surface area contributed by atoms with Gasteiger partial charge in [-0.3, -0.25) is 9.59 Å². The van der Waals surface area contributed by atoms with E-state index in [1.165, 1.54) is 0 Å². The molecule has 1 aliphatic rings. The number of benzene rings is 2. The summed E-state index contributed by atoms with van der Waals surface area (Å²) in [6.45, 7) is 3.01. The third-order valence-electron chi connectivity index (χ3n) is 5.15. The number of nitrogens with zero attached hydrogens (tertiary/aromatic N) is 2. The van der Waals surface area contributed by atoms with Gasteiger partial charge in [0.25, 0.3) is 5.91 Å². The van der Waals surface area contributed by atoms with Crippen LogP contribution < -0.4 is 5.43 Å². The third kappa shape index (κ3) is 3.01. The summed E-state index contributed by atoms with van der Waals surface area (Å²) in [6, 6.07) is 12.5. The van der Waals surface area contributed by atoms with Gasteiger partial charge in [-0.05, 0) is 44.3 Å². The predicted molar refractivity (Wildman–Crippen MR) is 110 cm³/mol. The number of hydrogen-bond donors (Lipinski definition) is 0. The number of likely N-dealkylation sites (N-methyl/N-ethyl adjacent to an activating group) is 1. The summed E-state index contributed by atoms with van der Waals surface area (Å²) in [4.78, 5) is 30.3. The highest BCUT2D eigenvalue weighted by Crippen LogP contribution is 2.38. The van der Waals surface area contributed by atoms with Crippen LogP contribution in [0, 0.1) is 6.92 Å². The minimum absolute atomic E-state index is 0.131. The topological polar surface area (TPSA) is 53.8 Å². The molecule has 0 aliphatic carbocycles. The summed E-state index contributed by atoms with van der Waals surface area (Å²) in [5, 5.41) is 0.905. The van der Waals surface area contributed by atoms with E-state index in [2.05, 4.69) is 0 Å². The number of hydrogen-bond acceptors (Lipinski definition) is 4. The number of aryl methyl sites for hydroxylation is 1. The normalized spacial score (nSPS) is 16.2. The van der Waals surface area contributed by atoms with Crippen LogP contribution in [0.2, 0.25) is 5.02 Å². The van der Waals surface area contributed by atoms with Crippen molar-refractivity contribution in [3.63, 3.8) is 0 Å². The lowest BCUT2D eigenvalue weighted by molar-refractivity contribution is 0.0716. The fourth-order valence-electron chi connectivity index (χ4n) is 3.66. The summed E-state index contributed by atoms with van der Waals surface area (Å²) >= 11 is 6.24. The number of carbonyl (C=O) groups excluding carboxylic acids is 1. The van der Waals surface area contributed by atoms with Gasteiger partial charge < -0.3 is 14.2 Å². The van der Waals surface area contributed by atoms with Crippen LogP contribution >= 0.6 is 11.6 Å². The quantitative estimate of drug-likeness (QED) is 0.672. The van der Waals surface area contributed by atoms with E-state index in [-0.39, 0.29) is 17.1 Å². The molecule has 6 heteroatoms. The zero-order chi connectivity index (χ0) is 20.0. The Balaban J connectivity index is 1.96. The highest BCUT2D eigenvalue weighted by Gasteiger charge is 2.42. The highest BCUT2D eigenvalue weighted by atomic mass is 35.5. The van der Waals surface area contributed by atoms with Gasteiger partial charge in [-0.2, -0.15) is 0 Å². The van der Waals surface area contributed by atoms with Gasteiger partial charge in [-0.25, -0.2) is 0 Å². The van der Waals surface area contributed by atoms with Crippen molar-refractivity contribution >= 4 is 28.5 Å². The van der Waals surface area contributed by atoms with Gasteiger partial charge in [0, 0.05) is 18.1 Å². The molecule has 2 heterocycles. The lowest BCUT2D eigenvalue weighted by atomic mass is 9.98. The molecule has 28 heavy (non-hydrogen) atoms. The SMILES string of the molecule is Cc1cc2oc3c(c(=O)c2cc1Cl)C(c1ccccc1)N(CCN(C)C)C3=O. The molecule has 4 rings (SSSR count). The van der Waals surface area contributed by atoms with Gasteiger partial charge in [0.2, 0.25) is 5.76 Å². The van der Waals surface area contributed by atoms with E-state index in [1.54, 1.807) is 17.0 Å². The molecular formula is C22H21ClN2O3. The van der Waals surface area contributed by atoms with Crippen molar-refractivity contribution in [2.75, 3.05) is 27.2 Å². The molecule has 0 fully saturated rings. The zero-order valence-electron chi connectivity index (χ0n) is 16.0. The van der Waals surface area contributed by atoms with E-state index >= 15 is 0 Å². The molecule has 0 bridgehead atoms. The molecule has 1 aromatic heterocycles. The van der Waals surface area contributed by atoms with Crippen LogP contribution in [0.3, 0.4) is 0 Å². The summed E-state index contributed by atoms with van der Waals surface area (Å²) in [5.74, 6) is -0.121. The van der Waals surface area contributed by atoms with Crippen LogP contribution in [-0.2, 0) is 0 Å². The van der Waals surface area contributed by atoms with Gasteiger partial charge in [0.05, 0.1) is 17.0 Å². The Morgan fingerprint density at radius 2 is 1.86 bits per heavy atom. The maximum atomic E-state index is 13.4. The Kier molecular flexibility index (Phi) is 4.73. The van der Waals surface area contributed by atoms with Gasteiger partial charge in [-0.15, -0.1) is 0 Å². The fourth-order valence-corrected chi connectivity index (χ4v) is 3.82. The van der Waals surface area contributed by atoms with Crippen molar-refractivity contribution in [2.45, 2.75) is 13.0 Å². The molecule has 0 N–H and O–H groups in total. The van der Waals surface area contributed by atoms with Crippen LogP contribution in [0.25, 0.3) is 11.0 Å². The first-order chi connectivity index (χ1) is 13.4. The Bertz CT molecular complexity index is 1120. The molecule has 5 nitrogen and oxygen atoms in total. The molecule has 0 saturated heterocycles. The molecule has 144 valence electrons. The first kappa shape index (κ1) is 18.7. The average Bonchev–Trinajstić information content (AvgIpc) is 2.95. The monoisotopic (exact) mass is 396 g/mol. The Hall–Kier alpha value is -2.63. The Labute approximate surface area is 168 Å². The van der Waals surface area contributed by atoms with Crippen molar-refractivity contribution < 1.29 is 9.21 Å². The van der Waals surface area contributed by atoms with Crippen molar-refractivity contribution in [3.8, 4) is 0 Å². The number of halogens is 1. The summed E-state index contributed by atoms with van der Waals surface area (Å²) in [6.07, 6.45) is 0. The molecule has 3 aromatic rings. The van der Waals surface area contributed by atoms with E-state index in [1.807, 2.05) is 56.3 Å². The van der Waals surface area contributed by atoms with Crippen LogP contribution in [-0.4, -0.2) is 42.9 Å². The lowest BCUT2D eigenvalue weighted by Crippen LogP contribution is -2.35. The smallest absolute Gasteiger partial charge is 0.290 e. The molecule has 1 amide bonds. The van der Waals surface area contributed by atoms with Crippen molar-refractivity contribution in [1.29, 1.82) is 0 Å². The Morgan fingerprint density at radius 3 is 2.54 bits per heavy atom. The highest BCUT2D eigenvalue weighted by molar-refractivity contribution is 6.32. The second kappa shape index (κ2) is 7.08. The molecule has 0 radical (unpaired) electrons. The fraction of sp³-hybridized carbons (Fsp3) is 0.273. The first-order valence-corrected chi connectivity index (χ1v) is 9.53. The number of rotatable bonds is 4. The predicted octanol–water partition coefficient (Wildman–Crippen LogP) is 3.86. The number of fused-ring (bicyclic) bond motifs is 2. The lowest BCUT2D eigenvalue weighted by Gasteiger charge is -2.26. The van der Waals surface area contributed by atoms with Crippen LogP contribution in [0.4, 0.5) is 0 Å². The maximum absolute atomic E-state index is 13.4. The summed E-state index contributed by atoms with van der Waals surface area (Å²) in [5.41, 5.74) is 2.26. The van der Waals surface area contributed by atoms with E-state index < -0.39 is 6.04 Å². The van der Waals surface area contributed by atoms with E-state index in [0.717, 1.165) is 11.1 Å². The largest absolute Gasteiger partial charge is 0.450 e. The van der Waals surface area contributed by atoms with Crippen molar-refractivity contribution in [1.82, 2.24) is 9.80 Å². The van der Waals surface area contributed by atoms with E-state index in [4.69, 9.17) is 16.0 Å². The van der Waals surface area contributed by atoms with Crippen LogP contribution in [0.15, 0.2) is 51.7 Å². The van der Waals surface area contributed by atoms with Gasteiger partial charge in [0.15, 0.2) is 5.43 Å². The van der Waals surface area contributed by atoms with Crippen LogP contribution in [0.5, 0.6) is 0 Å². The van der Waals surface area contributed by atoms with E-state index in [0.29, 0.717) is 34.6 Å². The molecule has 2 aromatic carbocycles. The summed E-state index contributed by atoms with van der Waals surface area (Å²) in [7, 11) is 3.90. The van der Waals surface area contributed by atoms with Gasteiger partial charge in [-0.1, -0.05) is 41.9 Å². The molecular weight excluding hydrogens is 376 g/mol. The number of amides is 1. The summed E-state index contributed by atoms with van der Waals surface area (Å²) < 4.78 is 5.96.